The third kappa shape index (κ3) is 4.35. The molecule has 0 N–H and O–H groups in total. The second kappa shape index (κ2) is 8.95. The van der Waals surface area contributed by atoms with E-state index in [1.54, 1.807) is 23.1 Å². The number of hydrogen-bond acceptors (Lipinski definition) is 8. The molecule has 3 aromatic rings. The summed E-state index contributed by atoms with van der Waals surface area (Å²) >= 11 is 3.41. The Kier molecular flexibility index (Phi) is 6.31. The van der Waals surface area contributed by atoms with Gasteiger partial charge in [0.15, 0.2) is 11.0 Å². The molecule has 3 aromatic heterocycles. The van der Waals surface area contributed by atoms with Gasteiger partial charge in [-0.1, -0.05) is 32.5 Å². The van der Waals surface area contributed by atoms with E-state index in [4.69, 9.17) is 19.7 Å². The lowest BCUT2D eigenvalue weighted by molar-refractivity contribution is -0.0402. The van der Waals surface area contributed by atoms with Crippen molar-refractivity contribution in [2.45, 2.75) is 64.8 Å². The van der Waals surface area contributed by atoms with Crippen LogP contribution in [0.3, 0.4) is 0 Å². The van der Waals surface area contributed by atoms with Gasteiger partial charge in [-0.2, -0.15) is 0 Å². The van der Waals surface area contributed by atoms with Crippen molar-refractivity contribution in [2.75, 3.05) is 43.9 Å². The molecule has 0 aliphatic carbocycles. The van der Waals surface area contributed by atoms with Crippen LogP contribution in [0.4, 0.5) is 5.82 Å². The predicted molar refractivity (Wildman–Crippen MR) is 140 cm³/mol. The Morgan fingerprint density at radius 3 is 2.52 bits per heavy atom. The van der Waals surface area contributed by atoms with Gasteiger partial charge >= 0.3 is 0 Å². The third-order valence-electron chi connectivity index (χ3n) is 6.84. The van der Waals surface area contributed by atoms with Crippen LogP contribution in [-0.4, -0.2) is 64.4 Å². The number of fused-ring (bicyclic) bond motifs is 5. The minimum Gasteiger partial charge on any atom is -0.370 e. The Labute approximate surface area is 205 Å². The normalized spacial score (nSPS) is 19.1. The van der Waals surface area contributed by atoms with Gasteiger partial charge in [-0.05, 0) is 44.6 Å². The van der Waals surface area contributed by atoms with Crippen LogP contribution in [0.5, 0.6) is 0 Å². The molecule has 178 valence electrons. The standard InChI is InChI=1S/C25H35N5OS2/c1-7-29-8-10-30(11-9-29)22-21-20(27-24(28-22)32-6)19-16-13-25(4,5)31-14-17(16)18(12-15(2)3)26-23(19)33-21/h15H,7-14H2,1-6H3. The van der Waals surface area contributed by atoms with Gasteiger partial charge in [-0.3, -0.25) is 0 Å². The minimum atomic E-state index is -0.181. The zero-order chi connectivity index (χ0) is 23.3. The van der Waals surface area contributed by atoms with Gasteiger partial charge in [0, 0.05) is 49.2 Å². The zero-order valence-corrected chi connectivity index (χ0v) is 22.3. The zero-order valence-electron chi connectivity index (χ0n) is 20.7. The Hall–Kier alpha value is -1.48. The number of aromatic nitrogens is 3. The quantitative estimate of drug-likeness (QED) is 0.366. The van der Waals surface area contributed by atoms with Gasteiger partial charge in [0.2, 0.25) is 0 Å². The second-order valence-electron chi connectivity index (χ2n) is 10.3. The number of rotatable bonds is 5. The summed E-state index contributed by atoms with van der Waals surface area (Å²) in [4.78, 5) is 21.4. The van der Waals surface area contributed by atoms with Gasteiger partial charge in [0.05, 0.1) is 22.4 Å². The molecule has 0 aromatic carbocycles. The Morgan fingerprint density at radius 2 is 1.85 bits per heavy atom. The molecular formula is C25H35N5OS2. The highest BCUT2D eigenvalue weighted by Crippen LogP contribution is 2.44. The molecule has 0 unspecified atom stereocenters. The van der Waals surface area contributed by atoms with Crippen LogP contribution in [0.15, 0.2) is 5.16 Å². The van der Waals surface area contributed by atoms with E-state index in [-0.39, 0.29) is 5.60 Å². The molecule has 0 atom stereocenters. The van der Waals surface area contributed by atoms with E-state index in [1.165, 1.54) is 26.9 Å². The highest BCUT2D eigenvalue weighted by atomic mass is 32.2. The lowest BCUT2D eigenvalue weighted by Crippen LogP contribution is -2.46. The van der Waals surface area contributed by atoms with Gasteiger partial charge in [-0.25, -0.2) is 15.0 Å². The van der Waals surface area contributed by atoms with E-state index in [1.807, 2.05) is 0 Å². The molecule has 0 bridgehead atoms. The molecule has 5 rings (SSSR count). The maximum atomic E-state index is 6.25. The molecule has 0 amide bonds. The van der Waals surface area contributed by atoms with Crippen molar-refractivity contribution < 1.29 is 4.74 Å². The Morgan fingerprint density at radius 1 is 1.09 bits per heavy atom. The SMILES string of the molecule is CCN1CCN(c2nc(SC)nc3c2sc2nc(CC(C)C)c4c(c23)CC(C)(C)OC4)CC1. The first kappa shape index (κ1) is 23.3. The first-order chi connectivity index (χ1) is 15.8. The Balaban J connectivity index is 1.73. The third-order valence-corrected chi connectivity index (χ3v) is 8.46. The number of nitrogens with zero attached hydrogens (tertiary/aromatic N) is 5. The molecule has 1 saturated heterocycles. The smallest absolute Gasteiger partial charge is 0.189 e. The average Bonchev–Trinajstić information content (AvgIpc) is 3.15. The minimum absolute atomic E-state index is 0.181. The fourth-order valence-electron chi connectivity index (χ4n) is 5.04. The highest BCUT2D eigenvalue weighted by Gasteiger charge is 2.32. The summed E-state index contributed by atoms with van der Waals surface area (Å²) in [5, 5.41) is 2.08. The molecule has 0 radical (unpaired) electrons. The van der Waals surface area contributed by atoms with Crippen molar-refractivity contribution in [2.24, 2.45) is 5.92 Å². The number of piperazine rings is 1. The fourth-order valence-corrected chi connectivity index (χ4v) is 6.59. The van der Waals surface area contributed by atoms with E-state index in [0.717, 1.165) is 66.9 Å². The molecule has 5 heterocycles. The van der Waals surface area contributed by atoms with Gasteiger partial charge < -0.3 is 14.5 Å². The van der Waals surface area contributed by atoms with Crippen molar-refractivity contribution in [1.82, 2.24) is 19.9 Å². The first-order valence-electron chi connectivity index (χ1n) is 12.1. The van der Waals surface area contributed by atoms with Crippen molar-refractivity contribution >= 4 is 49.3 Å². The van der Waals surface area contributed by atoms with E-state index in [9.17, 15) is 0 Å². The highest BCUT2D eigenvalue weighted by molar-refractivity contribution is 7.98. The van der Waals surface area contributed by atoms with Crippen molar-refractivity contribution in [3.63, 3.8) is 0 Å². The largest absolute Gasteiger partial charge is 0.370 e. The summed E-state index contributed by atoms with van der Waals surface area (Å²) < 4.78 is 7.44. The summed E-state index contributed by atoms with van der Waals surface area (Å²) in [5.41, 5.74) is 4.79. The van der Waals surface area contributed by atoms with Crippen LogP contribution in [-0.2, 0) is 24.2 Å². The van der Waals surface area contributed by atoms with Crippen LogP contribution in [0.2, 0.25) is 0 Å². The molecular weight excluding hydrogens is 450 g/mol. The number of likely N-dealkylation sites (N-methyl/N-ethyl adjacent to an activating group) is 1. The number of thioether (sulfide) groups is 1. The summed E-state index contributed by atoms with van der Waals surface area (Å²) in [7, 11) is 0. The molecule has 6 nitrogen and oxygen atoms in total. The molecule has 0 spiro atoms. The number of thiophene rings is 1. The van der Waals surface area contributed by atoms with Crippen LogP contribution < -0.4 is 4.90 Å². The van der Waals surface area contributed by atoms with Crippen molar-refractivity contribution in [3.05, 3.63) is 16.8 Å². The van der Waals surface area contributed by atoms with Crippen LogP contribution in [0.25, 0.3) is 20.4 Å². The molecule has 2 aliphatic heterocycles. The van der Waals surface area contributed by atoms with Gasteiger partial charge in [0.25, 0.3) is 0 Å². The van der Waals surface area contributed by atoms with Crippen molar-refractivity contribution in [3.8, 4) is 0 Å². The maximum absolute atomic E-state index is 6.25. The van der Waals surface area contributed by atoms with E-state index < -0.39 is 0 Å². The summed E-state index contributed by atoms with van der Waals surface area (Å²) in [6, 6.07) is 0. The lowest BCUT2D eigenvalue weighted by Gasteiger charge is -2.35. The Bertz CT molecular complexity index is 1180. The van der Waals surface area contributed by atoms with Gasteiger partial charge in [-0.15, -0.1) is 11.3 Å². The first-order valence-corrected chi connectivity index (χ1v) is 14.1. The fraction of sp³-hybridized carbons (Fsp3) is 0.640. The number of anilines is 1. The lowest BCUT2D eigenvalue weighted by atomic mass is 9.88. The molecule has 1 fully saturated rings. The summed E-state index contributed by atoms with van der Waals surface area (Å²) in [6.07, 6.45) is 3.94. The summed E-state index contributed by atoms with van der Waals surface area (Å²) in [6.45, 7) is 17.1. The number of ether oxygens (including phenoxy) is 1. The molecule has 33 heavy (non-hydrogen) atoms. The molecule has 0 saturated carbocycles. The number of pyridine rings is 1. The summed E-state index contributed by atoms with van der Waals surface area (Å²) in [5.74, 6) is 1.64. The van der Waals surface area contributed by atoms with Crippen molar-refractivity contribution in [1.29, 1.82) is 0 Å². The molecule has 2 aliphatic rings. The maximum Gasteiger partial charge on any atom is 0.189 e. The predicted octanol–water partition coefficient (Wildman–Crippen LogP) is 5.15. The molecule has 8 heteroatoms. The topological polar surface area (TPSA) is 54.4 Å². The van der Waals surface area contributed by atoms with Crippen LogP contribution in [0.1, 0.15) is 51.4 Å². The van der Waals surface area contributed by atoms with Gasteiger partial charge in [0.1, 0.15) is 4.83 Å². The van der Waals surface area contributed by atoms with E-state index in [2.05, 4.69) is 50.7 Å². The van der Waals surface area contributed by atoms with E-state index >= 15 is 0 Å². The average molecular weight is 486 g/mol. The number of hydrogen-bond donors (Lipinski definition) is 0. The van der Waals surface area contributed by atoms with Crippen LogP contribution in [0, 0.1) is 5.92 Å². The van der Waals surface area contributed by atoms with E-state index in [0.29, 0.717) is 12.5 Å². The van der Waals surface area contributed by atoms with Crippen LogP contribution >= 0.6 is 23.1 Å². The monoisotopic (exact) mass is 485 g/mol. The second-order valence-corrected chi connectivity index (χ2v) is 12.0.